The number of ether oxygens (including phenoxy) is 1. The Kier molecular flexibility index (Phi) is 5.01. The van der Waals surface area contributed by atoms with Crippen molar-refractivity contribution in [2.24, 2.45) is 0 Å². The van der Waals surface area contributed by atoms with Gasteiger partial charge in [0, 0.05) is 12.0 Å². The fourth-order valence-corrected chi connectivity index (χ4v) is 3.68. The predicted molar refractivity (Wildman–Crippen MR) is 105 cm³/mol. The number of imidazole rings is 1. The highest BCUT2D eigenvalue weighted by molar-refractivity contribution is 5.83. The molecule has 1 aliphatic rings. The number of nitrogens with zero attached hydrogens (tertiary/aromatic N) is 4. The molecule has 148 valence electrons. The van der Waals surface area contributed by atoms with Crippen LogP contribution in [0.5, 0.6) is 0 Å². The largest absolute Gasteiger partial charge is 0.394 e. The molecule has 0 amide bonds. The van der Waals surface area contributed by atoms with Gasteiger partial charge in [0.25, 0.3) is 0 Å². The zero-order chi connectivity index (χ0) is 19.7. The van der Waals surface area contributed by atoms with E-state index in [4.69, 9.17) is 4.74 Å². The van der Waals surface area contributed by atoms with Crippen LogP contribution in [0.4, 0.5) is 5.82 Å². The average molecular weight is 383 g/mol. The van der Waals surface area contributed by atoms with Crippen LogP contribution >= 0.6 is 0 Å². The number of rotatable bonds is 6. The van der Waals surface area contributed by atoms with Crippen molar-refractivity contribution in [3.8, 4) is 0 Å². The Morgan fingerprint density at radius 2 is 2.00 bits per heavy atom. The molecule has 1 aromatic carbocycles. The van der Waals surface area contributed by atoms with E-state index in [2.05, 4.69) is 46.2 Å². The zero-order valence-corrected chi connectivity index (χ0v) is 16.0. The number of benzene rings is 1. The van der Waals surface area contributed by atoms with Gasteiger partial charge in [-0.15, -0.1) is 0 Å². The third kappa shape index (κ3) is 3.71. The molecule has 1 aliphatic heterocycles. The molecule has 8 nitrogen and oxygen atoms in total. The monoisotopic (exact) mass is 383 g/mol. The molecule has 2 aromatic heterocycles. The van der Waals surface area contributed by atoms with Gasteiger partial charge in [-0.2, -0.15) is 0 Å². The maximum Gasteiger partial charge on any atom is 0.167 e. The SMILES string of the molecule is CC(C)(Cc1ccccc1)Nc1ncnc2c1ncn2[C@H]1C[C@H](O)[C@@H](CO)O1. The average Bonchev–Trinajstić information content (AvgIpc) is 3.25. The van der Waals surface area contributed by atoms with Gasteiger partial charge in [-0.1, -0.05) is 30.3 Å². The second-order valence-electron chi connectivity index (χ2n) is 7.83. The summed E-state index contributed by atoms with van der Waals surface area (Å²) in [6, 6.07) is 10.3. The van der Waals surface area contributed by atoms with Gasteiger partial charge in [-0.05, 0) is 25.8 Å². The molecule has 3 heterocycles. The highest BCUT2D eigenvalue weighted by atomic mass is 16.5. The molecule has 28 heavy (non-hydrogen) atoms. The van der Waals surface area contributed by atoms with Crippen LogP contribution in [-0.2, 0) is 11.2 Å². The summed E-state index contributed by atoms with van der Waals surface area (Å²) >= 11 is 0. The number of aromatic nitrogens is 4. The van der Waals surface area contributed by atoms with E-state index >= 15 is 0 Å². The summed E-state index contributed by atoms with van der Waals surface area (Å²) in [5.74, 6) is 0.655. The lowest BCUT2D eigenvalue weighted by atomic mass is 9.95. The molecule has 3 atom stereocenters. The van der Waals surface area contributed by atoms with E-state index < -0.39 is 18.4 Å². The fourth-order valence-electron chi connectivity index (χ4n) is 3.68. The molecule has 0 radical (unpaired) electrons. The van der Waals surface area contributed by atoms with Gasteiger partial charge in [-0.25, -0.2) is 15.0 Å². The summed E-state index contributed by atoms with van der Waals surface area (Å²) in [4.78, 5) is 13.2. The van der Waals surface area contributed by atoms with Crippen molar-refractivity contribution in [1.29, 1.82) is 0 Å². The van der Waals surface area contributed by atoms with E-state index in [9.17, 15) is 10.2 Å². The summed E-state index contributed by atoms with van der Waals surface area (Å²) in [6.07, 6.45) is 2.63. The molecule has 0 saturated carbocycles. The minimum absolute atomic E-state index is 0.222. The molecule has 3 aromatic rings. The topological polar surface area (TPSA) is 105 Å². The van der Waals surface area contributed by atoms with Crippen molar-refractivity contribution < 1.29 is 14.9 Å². The first-order valence-corrected chi connectivity index (χ1v) is 9.41. The molecule has 1 saturated heterocycles. The number of hydrogen-bond donors (Lipinski definition) is 3. The van der Waals surface area contributed by atoms with E-state index in [-0.39, 0.29) is 12.1 Å². The molecule has 3 N–H and O–H groups in total. The Morgan fingerprint density at radius 1 is 1.21 bits per heavy atom. The molecule has 0 unspecified atom stereocenters. The first-order chi connectivity index (χ1) is 13.5. The van der Waals surface area contributed by atoms with Gasteiger partial charge in [0.15, 0.2) is 17.0 Å². The van der Waals surface area contributed by atoms with Gasteiger partial charge < -0.3 is 20.3 Å². The number of anilines is 1. The third-order valence-electron chi connectivity index (χ3n) is 5.00. The van der Waals surface area contributed by atoms with Crippen LogP contribution in [0.15, 0.2) is 43.0 Å². The van der Waals surface area contributed by atoms with Gasteiger partial charge in [0.2, 0.25) is 0 Å². The van der Waals surface area contributed by atoms with Crippen molar-refractivity contribution in [2.45, 2.75) is 50.7 Å². The molecule has 0 bridgehead atoms. The highest BCUT2D eigenvalue weighted by Crippen LogP contribution is 2.32. The number of aliphatic hydroxyl groups excluding tert-OH is 2. The highest BCUT2D eigenvalue weighted by Gasteiger charge is 2.35. The minimum atomic E-state index is -0.711. The first-order valence-electron chi connectivity index (χ1n) is 9.41. The Hall–Kier alpha value is -2.55. The second-order valence-corrected chi connectivity index (χ2v) is 7.83. The Morgan fingerprint density at radius 3 is 2.71 bits per heavy atom. The lowest BCUT2D eigenvalue weighted by Gasteiger charge is -2.27. The van der Waals surface area contributed by atoms with Crippen molar-refractivity contribution in [3.05, 3.63) is 48.5 Å². The Labute approximate surface area is 163 Å². The van der Waals surface area contributed by atoms with Gasteiger partial charge in [0.05, 0.1) is 19.0 Å². The molecular formula is C20H25N5O3. The lowest BCUT2D eigenvalue weighted by Crippen LogP contribution is -2.34. The van der Waals surface area contributed by atoms with E-state index in [0.29, 0.717) is 23.4 Å². The van der Waals surface area contributed by atoms with E-state index in [0.717, 1.165) is 6.42 Å². The molecule has 4 rings (SSSR count). The van der Waals surface area contributed by atoms with Crippen LogP contribution in [0.1, 0.15) is 32.1 Å². The number of aliphatic hydroxyl groups is 2. The molecular weight excluding hydrogens is 358 g/mol. The lowest BCUT2D eigenvalue weighted by molar-refractivity contribution is -0.0432. The van der Waals surface area contributed by atoms with Gasteiger partial charge >= 0.3 is 0 Å². The smallest absolute Gasteiger partial charge is 0.167 e. The van der Waals surface area contributed by atoms with Crippen molar-refractivity contribution in [2.75, 3.05) is 11.9 Å². The maximum atomic E-state index is 10.0. The summed E-state index contributed by atoms with van der Waals surface area (Å²) < 4.78 is 7.52. The van der Waals surface area contributed by atoms with Crippen molar-refractivity contribution in [3.63, 3.8) is 0 Å². The van der Waals surface area contributed by atoms with E-state index in [1.54, 1.807) is 10.9 Å². The fraction of sp³-hybridized carbons (Fsp3) is 0.450. The van der Waals surface area contributed by atoms with Crippen LogP contribution in [-0.4, -0.2) is 54.1 Å². The van der Waals surface area contributed by atoms with Crippen LogP contribution in [0.2, 0.25) is 0 Å². The second kappa shape index (κ2) is 7.46. The number of fused-ring (bicyclic) bond motifs is 1. The standard InChI is InChI=1S/C20H25N5O3/c1-20(2,9-13-6-4-3-5-7-13)24-18-17-19(22-11-21-18)25(12-23-17)16-8-14(27)15(10-26)28-16/h3-7,11-12,14-16,26-27H,8-10H2,1-2H3,(H,21,22,24)/t14-,15+,16+/m0/s1. The zero-order valence-electron chi connectivity index (χ0n) is 16.0. The van der Waals surface area contributed by atoms with Crippen LogP contribution in [0, 0.1) is 0 Å². The summed E-state index contributed by atoms with van der Waals surface area (Å²) in [7, 11) is 0. The predicted octanol–water partition coefficient (Wildman–Crippen LogP) is 1.90. The summed E-state index contributed by atoms with van der Waals surface area (Å²) in [5.41, 5.74) is 2.27. The van der Waals surface area contributed by atoms with Gasteiger partial charge in [-0.3, -0.25) is 4.57 Å². The number of hydrogen-bond acceptors (Lipinski definition) is 7. The molecule has 8 heteroatoms. The maximum absolute atomic E-state index is 10.0. The first kappa shape index (κ1) is 18.8. The van der Waals surface area contributed by atoms with Crippen LogP contribution in [0.3, 0.4) is 0 Å². The molecule has 0 spiro atoms. The summed E-state index contributed by atoms with van der Waals surface area (Å²) in [5, 5.41) is 22.8. The van der Waals surface area contributed by atoms with Crippen LogP contribution < -0.4 is 5.32 Å². The van der Waals surface area contributed by atoms with E-state index in [1.807, 2.05) is 18.2 Å². The Balaban J connectivity index is 1.58. The molecule has 1 fully saturated rings. The van der Waals surface area contributed by atoms with Crippen molar-refractivity contribution >= 4 is 17.0 Å². The Bertz CT molecular complexity index is 943. The van der Waals surface area contributed by atoms with Crippen LogP contribution in [0.25, 0.3) is 11.2 Å². The summed E-state index contributed by atoms with van der Waals surface area (Å²) in [6.45, 7) is 4.01. The van der Waals surface area contributed by atoms with Gasteiger partial charge in [0.1, 0.15) is 18.7 Å². The third-order valence-corrected chi connectivity index (χ3v) is 5.00. The van der Waals surface area contributed by atoms with E-state index in [1.165, 1.54) is 11.9 Å². The normalized spacial score (nSPS) is 22.6. The number of nitrogens with one attached hydrogen (secondary N) is 1. The molecule has 0 aliphatic carbocycles. The quantitative estimate of drug-likeness (QED) is 0.597. The minimum Gasteiger partial charge on any atom is -0.394 e. The van der Waals surface area contributed by atoms with Crippen molar-refractivity contribution in [1.82, 2.24) is 19.5 Å².